The second-order valence-electron chi connectivity index (χ2n) is 7.35. The molecule has 2 aromatic rings. The molecular formula is C25H33N5. The van der Waals surface area contributed by atoms with Crippen molar-refractivity contribution in [2.75, 3.05) is 18.9 Å². The number of para-hydroxylation sites is 1. The van der Waals surface area contributed by atoms with Crippen LogP contribution < -0.4 is 21.7 Å². The van der Waals surface area contributed by atoms with E-state index in [0.29, 0.717) is 5.92 Å². The van der Waals surface area contributed by atoms with Gasteiger partial charge in [-0.3, -0.25) is 0 Å². The fourth-order valence-corrected chi connectivity index (χ4v) is 3.92. The van der Waals surface area contributed by atoms with Gasteiger partial charge in [0.15, 0.2) is 0 Å². The molecule has 2 aliphatic rings. The van der Waals surface area contributed by atoms with E-state index in [1.54, 1.807) is 0 Å². The molecule has 0 saturated heterocycles. The molecule has 158 valence electrons. The van der Waals surface area contributed by atoms with Crippen molar-refractivity contribution in [3.05, 3.63) is 89.3 Å². The molecule has 0 spiro atoms. The zero-order chi connectivity index (χ0) is 21.3. The van der Waals surface area contributed by atoms with Crippen LogP contribution in [0.4, 0.5) is 5.69 Å². The van der Waals surface area contributed by atoms with Gasteiger partial charge in [-0.25, -0.2) is 4.99 Å². The Morgan fingerprint density at radius 2 is 1.83 bits per heavy atom. The lowest BCUT2D eigenvalue weighted by Crippen LogP contribution is -2.34. The molecule has 4 rings (SSSR count). The first kappa shape index (κ1) is 21.7. The van der Waals surface area contributed by atoms with Crippen LogP contribution in [0.15, 0.2) is 83.1 Å². The van der Waals surface area contributed by atoms with Gasteiger partial charge < -0.3 is 21.7 Å². The molecule has 5 heteroatoms. The Morgan fingerprint density at radius 3 is 2.60 bits per heavy atom. The molecule has 5 N–H and O–H groups in total. The van der Waals surface area contributed by atoms with Gasteiger partial charge >= 0.3 is 0 Å². The predicted octanol–water partition coefficient (Wildman–Crippen LogP) is 4.53. The number of rotatable bonds is 4. The van der Waals surface area contributed by atoms with Crippen LogP contribution in [0.1, 0.15) is 44.0 Å². The second-order valence-corrected chi connectivity index (χ2v) is 7.35. The number of hydrogen-bond acceptors (Lipinski definition) is 5. The average molecular weight is 404 g/mol. The molecule has 0 aromatic heterocycles. The summed E-state index contributed by atoms with van der Waals surface area (Å²) in [6, 6.07) is 18.7. The Labute approximate surface area is 180 Å². The van der Waals surface area contributed by atoms with Crippen molar-refractivity contribution in [1.29, 1.82) is 0 Å². The van der Waals surface area contributed by atoms with Gasteiger partial charge in [-0.05, 0) is 38.1 Å². The number of nitrogens with one attached hydrogen (secondary N) is 3. The van der Waals surface area contributed by atoms with E-state index >= 15 is 0 Å². The van der Waals surface area contributed by atoms with E-state index in [-0.39, 0.29) is 6.17 Å². The maximum absolute atomic E-state index is 5.01. The highest BCUT2D eigenvalue weighted by Gasteiger charge is 2.23. The third kappa shape index (κ3) is 4.92. The summed E-state index contributed by atoms with van der Waals surface area (Å²) >= 11 is 0. The smallest absolute Gasteiger partial charge is 0.147 e. The third-order valence-corrected chi connectivity index (χ3v) is 5.31. The summed E-state index contributed by atoms with van der Waals surface area (Å²) in [6.45, 7) is 5.26. The third-order valence-electron chi connectivity index (χ3n) is 5.31. The quantitative estimate of drug-likeness (QED) is 0.566. The zero-order valence-electron chi connectivity index (χ0n) is 18.2. The summed E-state index contributed by atoms with van der Waals surface area (Å²) in [5.74, 6) is 1.36. The van der Waals surface area contributed by atoms with Crippen molar-refractivity contribution in [2.45, 2.75) is 32.9 Å². The van der Waals surface area contributed by atoms with Gasteiger partial charge in [-0.15, -0.1) is 0 Å². The molecule has 0 fully saturated rings. The Kier molecular flexibility index (Phi) is 7.69. The van der Waals surface area contributed by atoms with Crippen molar-refractivity contribution in [1.82, 2.24) is 10.6 Å². The van der Waals surface area contributed by atoms with Crippen LogP contribution in [-0.4, -0.2) is 19.4 Å². The number of benzene rings is 2. The van der Waals surface area contributed by atoms with Crippen molar-refractivity contribution < 1.29 is 0 Å². The second kappa shape index (κ2) is 10.6. The van der Waals surface area contributed by atoms with Gasteiger partial charge in [0, 0.05) is 35.1 Å². The Morgan fingerprint density at radius 1 is 1.10 bits per heavy atom. The number of nitrogens with zero attached hydrogens (tertiary/aromatic N) is 1. The maximum atomic E-state index is 5.01. The van der Waals surface area contributed by atoms with Gasteiger partial charge in [0.25, 0.3) is 0 Å². The van der Waals surface area contributed by atoms with Crippen LogP contribution in [0.2, 0.25) is 0 Å². The van der Waals surface area contributed by atoms with Crippen molar-refractivity contribution in [3.63, 3.8) is 0 Å². The Balaban J connectivity index is 0.00000124. The minimum Gasteiger partial charge on any atom is -0.383 e. The fourth-order valence-electron chi connectivity index (χ4n) is 3.92. The van der Waals surface area contributed by atoms with Gasteiger partial charge in [-0.2, -0.15) is 0 Å². The molecule has 5 nitrogen and oxygen atoms in total. The average Bonchev–Trinajstić information content (AvgIpc) is 2.81. The minimum absolute atomic E-state index is 0.0953. The summed E-state index contributed by atoms with van der Waals surface area (Å²) in [5.41, 5.74) is 10.3. The standard InChI is InChI=1S/C24H28N4.CH5N/c1-3-10-18-13-9-16-25-22(18)17(2)26-24-20-14-7-8-15-21(20)27-23(28-24)19-11-5-4-6-12-19;1-2/h4-9,11-15,18,23,25,27H,3,10,16H2,1-2H3,(H,26,28);2H2,1H3/b22-17-;. The number of nitrogens with two attached hydrogens (primary N) is 1. The topological polar surface area (TPSA) is 74.5 Å². The highest BCUT2D eigenvalue weighted by molar-refractivity contribution is 6.05. The van der Waals surface area contributed by atoms with Crippen LogP contribution in [0.5, 0.6) is 0 Å². The van der Waals surface area contributed by atoms with Crippen LogP contribution in [0.3, 0.4) is 0 Å². The SMILES string of the molecule is CCCC1C=CCN/C1=C(/C)NC1=NC(c2ccccc2)Nc2ccccc21.CN. The molecule has 2 unspecified atom stereocenters. The lowest BCUT2D eigenvalue weighted by molar-refractivity contribution is 0.582. The molecule has 2 heterocycles. The molecule has 0 saturated carbocycles. The predicted molar refractivity (Wildman–Crippen MR) is 127 cm³/mol. The summed E-state index contributed by atoms with van der Waals surface area (Å²) in [5, 5.41) is 10.8. The number of hydrogen-bond donors (Lipinski definition) is 4. The number of fused-ring (bicyclic) bond motifs is 1. The van der Waals surface area contributed by atoms with Crippen LogP contribution in [-0.2, 0) is 0 Å². The summed E-state index contributed by atoms with van der Waals surface area (Å²) < 4.78 is 0. The van der Waals surface area contributed by atoms with Crippen LogP contribution in [0, 0.1) is 5.92 Å². The molecule has 0 amide bonds. The molecule has 0 aliphatic carbocycles. The number of amidine groups is 1. The molecule has 2 atom stereocenters. The molecule has 0 radical (unpaired) electrons. The van der Waals surface area contributed by atoms with Crippen LogP contribution in [0.25, 0.3) is 0 Å². The van der Waals surface area contributed by atoms with Gasteiger partial charge in [0.05, 0.1) is 0 Å². The molecule has 30 heavy (non-hydrogen) atoms. The normalized spacial score (nSPS) is 21.1. The van der Waals surface area contributed by atoms with E-state index in [2.05, 4.69) is 96.2 Å². The molecular weight excluding hydrogens is 370 g/mol. The maximum Gasteiger partial charge on any atom is 0.147 e. The highest BCUT2D eigenvalue weighted by atomic mass is 15.2. The lowest BCUT2D eigenvalue weighted by atomic mass is 9.95. The van der Waals surface area contributed by atoms with Crippen molar-refractivity contribution in [2.24, 2.45) is 16.6 Å². The van der Waals surface area contributed by atoms with E-state index in [1.807, 2.05) is 6.07 Å². The number of aliphatic imine (C=N–C) groups is 1. The van der Waals surface area contributed by atoms with Crippen molar-refractivity contribution >= 4 is 11.5 Å². The molecule has 0 bridgehead atoms. The Bertz CT molecular complexity index is 914. The molecule has 2 aromatic carbocycles. The fraction of sp³-hybridized carbons (Fsp3) is 0.320. The van der Waals surface area contributed by atoms with E-state index in [9.17, 15) is 0 Å². The number of anilines is 1. The van der Waals surface area contributed by atoms with E-state index in [4.69, 9.17) is 4.99 Å². The van der Waals surface area contributed by atoms with Gasteiger partial charge in [0.1, 0.15) is 12.0 Å². The minimum atomic E-state index is -0.0953. The molecule has 2 aliphatic heterocycles. The summed E-state index contributed by atoms with van der Waals surface area (Å²) in [4.78, 5) is 5.01. The summed E-state index contributed by atoms with van der Waals surface area (Å²) in [7, 11) is 1.50. The first-order valence-electron chi connectivity index (χ1n) is 10.7. The number of allylic oxidation sites excluding steroid dienone is 2. The Hall–Kier alpha value is -3.05. The first-order valence-corrected chi connectivity index (χ1v) is 10.7. The highest BCUT2D eigenvalue weighted by Crippen LogP contribution is 2.30. The summed E-state index contributed by atoms with van der Waals surface area (Å²) in [6.07, 6.45) is 6.76. The van der Waals surface area contributed by atoms with E-state index in [0.717, 1.165) is 47.7 Å². The van der Waals surface area contributed by atoms with Gasteiger partial charge in [-0.1, -0.05) is 68.0 Å². The van der Waals surface area contributed by atoms with Crippen molar-refractivity contribution in [3.8, 4) is 0 Å². The first-order chi connectivity index (χ1) is 14.8. The monoisotopic (exact) mass is 403 g/mol. The van der Waals surface area contributed by atoms with Gasteiger partial charge in [0.2, 0.25) is 0 Å². The zero-order valence-corrected chi connectivity index (χ0v) is 18.2. The lowest BCUT2D eigenvalue weighted by Gasteiger charge is -2.29. The van der Waals surface area contributed by atoms with Crippen LogP contribution >= 0.6 is 0 Å². The largest absolute Gasteiger partial charge is 0.383 e. The van der Waals surface area contributed by atoms with E-state index in [1.165, 1.54) is 12.7 Å². The van der Waals surface area contributed by atoms with E-state index < -0.39 is 0 Å².